The molecule has 0 aliphatic rings. The standard InChI is InChI=1S/C18H13Br2Cl/c1-11-12(7-4-8-16(11)19)18(20)15-9-10-17(21)14-6-3-2-5-13(14)15/h2-10,18H,1H3. The molecule has 0 aliphatic heterocycles. The lowest BCUT2D eigenvalue weighted by molar-refractivity contribution is 1.15. The molecule has 0 radical (unpaired) electrons. The predicted octanol–water partition coefficient (Wildman–Crippen LogP) is 7.05. The highest BCUT2D eigenvalue weighted by atomic mass is 79.9. The number of hydrogen-bond donors (Lipinski definition) is 0. The quantitative estimate of drug-likeness (QED) is 0.387. The van der Waals surface area contributed by atoms with Crippen molar-refractivity contribution in [3.8, 4) is 0 Å². The second kappa shape index (κ2) is 6.12. The van der Waals surface area contributed by atoms with Gasteiger partial charge >= 0.3 is 0 Å². The van der Waals surface area contributed by atoms with Gasteiger partial charge in [0.1, 0.15) is 0 Å². The number of rotatable bonds is 2. The van der Waals surface area contributed by atoms with E-state index in [1.54, 1.807) is 0 Å². The molecule has 1 atom stereocenters. The van der Waals surface area contributed by atoms with E-state index in [0.717, 1.165) is 14.9 Å². The molecule has 21 heavy (non-hydrogen) atoms. The highest BCUT2D eigenvalue weighted by Gasteiger charge is 2.17. The zero-order valence-corrected chi connectivity index (χ0v) is 15.3. The lowest BCUT2D eigenvalue weighted by Crippen LogP contribution is -1.97. The van der Waals surface area contributed by atoms with Crippen LogP contribution >= 0.6 is 43.5 Å². The highest BCUT2D eigenvalue weighted by molar-refractivity contribution is 9.10. The molecule has 1 unspecified atom stereocenters. The van der Waals surface area contributed by atoms with E-state index in [0.29, 0.717) is 0 Å². The molecule has 0 spiro atoms. The van der Waals surface area contributed by atoms with Gasteiger partial charge in [0.15, 0.2) is 0 Å². The van der Waals surface area contributed by atoms with E-state index in [1.165, 1.54) is 22.1 Å². The zero-order valence-electron chi connectivity index (χ0n) is 11.4. The summed E-state index contributed by atoms with van der Waals surface area (Å²) in [5.74, 6) is 0. The minimum atomic E-state index is 0.136. The molecule has 3 heteroatoms. The van der Waals surface area contributed by atoms with Gasteiger partial charge in [-0.3, -0.25) is 0 Å². The largest absolute Gasteiger partial charge is 0.0837 e. The van der Waals surface area contributed by atoms with Crippen LogP contribution in [0.25, 0.3) is 10.8 Å². The Kier molecular flexibility index (Phi) is 4.39. The fourth-order valence-corrected chi connectivity index (χ4v) is 4.08. The van der Waals surface area contributed by atoms with Crippen LogP contribution in [0.1, 0.15) is 21.5 Å². The molecule has 0 N–H and O–H groups in total. The summed E-state index contributed by atoms with van der Waals surface area (Å²) in [5.41, 5.74) is 3.74. The molecule has 0 saturated heterocycles. The van der Waals surface area contributed by atoms with Crippen molar-refractivity contribution in [2.75, 3.05) is 0 Å². The van der Waals surface area contributed by atoms with Crippen LogP contribution in [-0.2, 0) is 0 Å². The molecule has 0 heterocycles. The third-order valence-electron chi connectivity index (χ3n) is 3.76. The van der Waals surface area contributed by atoms with E-state index in [-0.39, 0.29) is 4.83 Å². The molecule has 3 aromatic carbocycles. The van der Waals surface area contributed by atoms with Gasteiger partial charge in [0.2, 0.25) is 0 Å². The maximum atomic E-state index is 6.31. The Labute approximate surface area is 146 Å². The molecule has 0 bridgehead atoms. The number of benzene rings is 3. The Hall–Kier alpha value is -0.830. The Morgan fingerprint density at radius 1 is 0.857 bits per heavy atom. The fraction of sp³-hybridized carbons (Fsp3) is 0.111. The predicted molar refractivity (Wildman–Crippen MR) is 98.6 cm³/mol. The van der Waals surface area contributed by atoms with Crippen molar-refractivity contribution in [1.29, 1.82) is 0 Å². The third kappa shape index (κ3) is 2.77. The van der Waals surface area contributed by atoms with Gasteiger partial charge in [-0.1, -0.05) is 85.9 Å². The lowest BCUT2D eigenvalue weighted by atomic mass is 9.96. The first-order valence-corrected chi connectivity index (χ1v) is 8.74. The van der Waals surface area contributed by atoms with Crippen LogP contribution in [0, 0.1) is 6.92 Å². The van der Waals surface area contributed by atoms with Crippen LogP contribution in [0.3, 0.4) is 0 Å². The summed E-state index contributed by atoms with van der Waals surface area (Å²) in [6.45, 7) is 2.13. The van der Waals surface area contributed by atoms with Crippen molar-refractivity contribution >= 4 is 54.2 Å². The summed E-state index contributed by atoms with van der Waals surface area (Å²) in [4.78, 5) is 0.136. The van der Waals surface area contributed by atoms with Gasteiger partial charge in [0.05, 0.1) is 4.83 Å². The normalized spacial score (nSPS) is 12.6. The van der Waals surface area contributed by atoms with Gasteiger partial charge in [-0.25, -0.2) is 0 Å². The monoisotopic (exact) mass is 422 g/mol. The van der Waals surface area contributed by atoms with E-state index in [1.807, 2.05) is 12.1 Å². The summed E-state index contributed by atoms with van der Waals surface area (Å²) in [7, 11) is 0. The molecule has 3 rings (SSSR count). The molecule has 106 valence electrons. The van der Waals surface area contributed by atoms with Crippen LogP contribution in [0.15, 0.2) is 59.1 Å². The van der Waals surface area contributed by atoms with Crippen molar-refractivity contribution in [2.45, 2.75) is 11.8 Å². The van der Waals surface area contributed by atoms with Crippen molar-refractivity contribution in [3.05, 3.63) is 80.8 Å². The van der Waals surface area contributed by atoms with Crippen molar-refractivity contribution in [3.63, 3.8) is 0 Å². The maximum Gasteiger partial charge on any atom is 0.0653 e. The molecule has 0 aliphatic carbocycles. The first-order valence-electron chi connectivity index (χ1n) is 6.66. The average Bonchev–Trinajstić information content (AvgIpc) is 2.50. The van der Waals surface area contributed by atoms with Gasteiger partial charge in [0, 0.05) is 14.9 Å². The smallest absolute Gasteiger partial charge is 0.0653 e. The van der Waals surface area contributed by atoms with Crippen LogP contribution in [0.4, 0.5) is 0 Å². The highest BCUT2D eigenvalue weighted by Crippen LogP contribution is 2.39. The Morgan fingerprint density at radius 2 is 1.57 bits per heavy atom. The van der Waals surface area contributed by atoms with Gasteiger partial charge < -0.3 is 0 Å². The number of fused-ring (bicyclic) bond motifs is 1. The Balaban J connectivity index is 2.21. The van der Waals surface area contributed by atoms with E-state index in [2.05, 4.69) is 81.2 Å². The summed E-state index contributed by atoms with van der Waals surface area (Å²) >= 11 is 13.8. The Morgan fingerprint density at radius 3 is 2.33 bits per heavy atom. The second-order valence-electron chi connectivity index (χ2n) is 5.00. The fourth-order valence-electron chi connectivity index (χ4n) is 2.57. The topological polar surface area (TPSA) is 0 Å². The summed E-state index contributed by atoms with van der Waals surface area (Å²) in [6.07, 6.45) is 0. The Bertz CT molecular complexity index is 811. The maximum absolute atomic E-state index is 6.31. The van der Waals surface area contributed by atoms with Gasteiger partial charge in [0.25, 0.3) is 0 Å². The average molecular weight is 425 g/mol. The molecule has 0 nitrogen and oxygen atoms in total. The van der Waals surface area contributed by atoms with Crippen LogP contribution in [-0.4, -0.2) is 0 Å². The molecule has 3 aromatic rings. The number of halogens is 3. The third-order valence-corrected chi connectivity index (χ3v) is 5.94. The van der Waals surface area contributed by atoms with E-state index in [9.17, 15) is 0 Å². The first-order chi connectivity index (χ1) is 10.1. The van der Waals surface area contributed by atoms with E-state index in [4.69, 9.17) is 11.6 Å². The molecular formula is C18H13Br2Cl. The molecule has 0 saturated carbocycles. The summed E-state index contributed by atoms with van der Waals surface area (Å²) < 4.78 is 1.13. The summed E-state index contributed by atoms with van der Waals surface area (Å²) in [5, 5.41) is 3.07. The van der Waals surface area contributed by atoms with Crippen LogP contribution in [0.5, 0.6) is 0 Å². The minimum absolute atomic E-state index is 0.136. The second-order valence-corrected chi connectivity index (χ2v) is 7.18. The van der Waals surface area contributed by atoms with E-state index >= 15 is 0 Å². The molecular weight excluding hydrogens is 411 g/mol. The van der Waals surface area contributed by atoms with Crippen molar-refractivity contribution < 1.29 is 0 Å². The lowest BCUT2D eigenvalue weighted by Gasteiger charge is -2.17. The van der Waals surface area contributed by atoms with Gasteiger partial charge in [-0.05, 0) is 41.1 Å². The van der Waals surface area contributed by atoms with Gasteiger partial charge in [-0.2, -0.15) is 0 Å². The first kappa shape index (κ1) is 15.1. The zero-order chi connectivity index (χ0) is 15.0. The van der Waals surface area contributed by atoms with Crippen LogP contribution < -0.4 is 0 Å². The number of hydrogen-bond acceptors (Lipinski definition) is 0. The molecule has 0 amide bonds. The van der Waals surface area contributed by atoms with Crippen molar-refractivity contribution in [2.24, 2.45) is 0 Å². The summed E-state index contributed by atoms with van der Waals surface area (Å²) in [6, 6.07) is 18.6. The molecule has 0 fully saturated rings. The van der Waals surface area contributed by atoms with Gasteiger partial charge in [-0.15, -0.1) is 0 Å². The minimum Gasteiger partial charge on any atom is -0.0837 e. The molecule has 0 aromatic heterocycles. The van der Waals surface area contributed by atoms with Crippen LogP contribution in [0.2, 0.25) is 5.02 Å². The van der Waals surface area contributed by atoms with Crippen molar-refractivity contribution in [1.82, 2.24) is 0 Å². The number of alkyl halides is 1. The van der Waals surface area contributed by atoms with E-state index < -0.39 is 0 Å². The SMILES string of the molecule is Cc1c(Br)cccc1C(Br)c1ccc(Cl)c2ccccc12.